The second kappa shape index (κ2) is 2.54. The van der Waals surface area contributed by atoms with Gasteiger partial charge >= 0.3 is 0 Å². The second-order valence-corrected chi connectivity index (χ2v) is 2.88. The van der Waals surface area contributed by atoms with Gasteiger partial charge in [0.25, 0.3) is 0 Å². The SMILES string of the molecule is [CH2]CC1C=Cc2ccccc21. The topological polar surface area (TPSA) is 0 Å². The molecule has 0 aliphatic heterocycles. The highest BCUT2D eigenvalue weighted by Gasteiger charge is 2.13. The molecule has 2 rings (SSSR count). The Bertz CT molecular complexity index is 284. The summed E-state index contributed by atoms with van der Waals surface area (Å²) in [4.78, 5) is 0. The highest BCUT2D eigenvalue weighted by Crippen LogP contribution is 2.31. The van der Waals surface area contributed by atoms with Crippen molar-refractivity contribution in [3.8, 4) is 0 Å². The fourth-order valence-corrected chi connectivity index (χ4v) is 1.58. The van der Waals surface area contributed by atoms with Gasteiger partial charge in [0.1, 0.15) is 0 Å². The van der Waals surface area contributed by atoms with E-state index in [0.29, 0.717) is 5.92 Å². The van der Waals surface area contributed by atoms with E-state index in [0.717, 1.165) is 6.42 Å². The Kier molecular flexibility index (Phi) is 1.54. The minimum atomic E-state index is 0.561. The normalized spacial score (nSPS) is 20.3. The van der Waals surface area contributed by atoms with E-state index in [1.54, 1.807) is 0 Å². The molecule has 11 heavy (non-hydrogen) atoms. The monoisotopic (exact) mass is 143 g/mol. The molecule has 0 fully saturated rings. The Morgan fingerprint density at radius 3 is 2.91 bits per heavy atom. The molecule has 1 aromatic rings. The van der Waals surface area contributed by atoms with Crippen molar-refractivity contribution in [1.29, 1.82) is 0 Å². The molecule has 0 spiro atoms. The standard InChI is InChI=1S/C11H11/c1-2-9-7-8-10-5-3-4-6-11(9)10/h3-9H,1-2H2. The zero-order valence-corrected chi connectivity index (χ0v) is 6.46. The molecular formula is C11H11. The first-order valence-electron chi connectivity index (χ1n) is 3.98. The summed E-state index contributed by atoms with van der Waals surface area (Å²) < 4.78 is 0. The number of allylic oxidation sites excluding steroid dienone is 1. The number of hydrogen-bond acceptors (Lipinski definition) is 0. The molecule has 1 atom stereocenters. The first-order valence-corrected chi connectivity index (χ1v) is 3.98. The van der Waals surface area contributed by atoms with Crippen molar-refractivity contribution in [3.63, 3.8) is 0 Å². The van der Waals surface area contributed by atoms with Crippen molar-refractivity contribution >= 4 is 6.08 Å². The summed E-state index contributed by atoms with van der Waals surface area (Å²) in [6.07, 6.45) is 5.39. The van der Waals surface area contributed by atoms with E-state index in [4.69, 9.17) is 0 Å². The fourth-order valence-electron chi connectivity index (χ4n) is 1.58. The van der Waals surface area contributed by atoms with Gasteiger partial charge in [-0.1, -0.05) is 43.3 Å². The van der Waals surface area contributed by atoms with Gasteiger partial charge in [0.2, 0.25) is 0 Å². The number of benzene rings is 1. The summed E-state index contributed by atoms with van der Waals surface area (Å²) in [7, 11) is 0. The number of hydrogen-bond donors (Lipinski definition) is 0. The molecule has 55 valence electrons. The van der Waals surface area contributed by atoms with Crippen LogP contribution in [-0.2, 0) is 0 Å². The molecule has 0 saturated heterocycles. The van der Waals surface area contributed by atoms with Crippen LogP contribution in [0.5, 0.6) is 0 Å². The number of rotatable bonds is 1. The maximum atomic E-state index is 3.92. The number of fused-ring (bicyclic) bond motifs is 1. The maximum Gasteiger partial charge on any atom is 0.00272 e. The van der Waals surface area contributed by atoms with Gasteiger partial charge in [-0.25, -0.2) is 0 Å². The zero-order chi connectivity index (χ0) is 7.68. The maximum absolute atomic E-state index is 3.92. The molecule has 1 aromatic carbocycles. The van der Waals surface area contributed by atoms with E-state index in [1.807, 2.05) is 0 Å². The van der Waals surface area contributed by atoms with E-state index >= 15 is 0 Å². The van der Waals surface area contributed by atoms with Gasteiger partial charge in [0.05, 0.1) is 0 Å². The largest absolute Gasteiger partial charge is 0.0764 e. The first-order chi connectivity index (χ1) is 5.42. The predicted molar refractivity (Wildman–Crippen MR) is 48.2 cm³/mol. The van der Waals surface area contributed by atoms with Crippen molar-refractivity contribution in [1.82, 2.24) is 0 Å². The summed E-state index contributed by atoms with van der Waals surface area (Å²) in [5, 5.41) is 0. The Morgan fingerprint density at radius 2 is 2.09 bits per heavy atom. The van der Waals surface area contributed by atoms with Crippen molar-refractivity contribution in [2.75, 3.05) is 0 Å². The van der Waals surface area contributed by atoms with Gasteiger partial charge in [0, 0.05) is 5.92 Å². The van der Waals surface area contributed by atoms with Gasteiger partial charge in [-0.3, -0.25) is 0 Å². The lowest BCUT2D eigenvalue weighted by atomic mass is 9.99. The molecule has 0 amide bonds. The molecule has 1 unspecified atom stereocenters. The van der Waals surface area contributed by atoms with Gasteiger partial charge in [0.15, 0.2) is 0 Å². The Balaban J connectivity index is 2.46. The summed E-state index contributed by atoms with van der Waals surface area (Å²) in [5.74, 6) is 0.561. The predicted octanol–water partition coefficient (Wildman–Crippen LogP) is 3.02. The third-order valence-electron chi connectivity index (χ3n) is 2.21. The van der Waals surface area contributed by atoms with Crippen molar-refractivity contribution in [3.05, 3.63) is 48.4 Å². The zero-order valence-electron chi connectivity index (χ0n) is 6.46. The smallest absolute Gasteiger partial charge is 0.00272 e. The van der Waals surface area contributed by atoms with Crippen LogP contribution >= 0.6 is 0 Å². The molecule has 0 saturated carbocycles. The summed E-state index contributed by atoms with van der Waals surface area (Å²) in [6, 6.07) is 8.51. The van der Waals surface area contributed by atoms with Crippen LogP contribution in [0.2, 0.25) is 0 Å². The molecule has 0 heteroatoms. The lowest BCUT2D eigenvalue weighted by molar-refractivity contribution is 0.877. The lowest BCUT2D eigenvalue weighted by Crippen LogP contribution is -1.89. The quantitative estimate of drug-likeness (QED) is 0.567. The average Bonchev–Trinajstić information content (AvgIpc) is 2.47. The van der Waals surface area contributed by atoms with E-state index in [2.05, 4.69) is 43.3 Å². The second-order valence-electron chi connectivity index (χ2n) is 2.88. The molecule has 1 aliphatic rings. The van der Waals surface area contributed by atoms with E-state index < -0.39 is 0 Å². The van der Waals surface area contributed by atoms with Crippen molar-refractivity contribution in [2.24, 2.45) is 0 Å². The van der Waals surface area contributed by atoms with Crippen LogP contribution in [0.25, 0.3) is 6.08 Å². The van der Waals surface area contributed by atoms with Crippen molar-refractivity contribution < 1.29 is 0 Å². The molecule has 0 N–H and O–H groups in total. The molecule has 1 radical (unpaired) electrons. The van der Waals surface area contributed by atoms with Crippen LogP contribution in [0.4, 0.5) is 0 Å². The summed E-state index contributed by atoms with van der Waals surface area (Å²) in [5.41, 5.74) is 2.80. The highest BCUT2D eigenvalue weighted by molar-refractivity contribution is 5.62. The summed E-state index contributed by atoms with van der Waals surface area (Å²) in [6.45, 7) is 3.92. The van der Waals surface area contributed by atoms with E-state index in [1.165, 1.54) is 11.1 Å². The van der Waals surface area contributed by atoms with Crippen LogP contribution in [0.1, 0.15) is 23.5 Å². The average molecular weight is 143 g/mol. The molecule has 0 heterocycles. The van der Waals surface area contributed by atoms with E-state index in [-0.39, 0.29) is 0 Å². The molecule has 0 bridgehead atoms. The van der Waals surface area contributed by atoms with Crippen LogP contribution in [-0.4, -0.2) is 0 Å². The summed E-state index contributed by atoms with van der Waals surface area (Å²) >= 11 is 0. The molecule has 0 aromatic heterocycles. The lowest BCUT2D eigenvalue weighted by Gasteiger charge is -2.05. The minimum Gasteiger partial charge on any atom is -0.0764 e. The Hall–Kier alpha value is -1.04. The van der Waals surface area contributed by atoms with Crippen LogP contribution in [0.15, 0.2) is 30.3 Å². The Labute approximate surface area is 67.6 Å². The molecule has 0 nitrogen and oxygen atoms in total. The van der Waals surface area contributed by atoms with Crippen LogP contribution in [0.3, 0.4) is 0 Å². The van der Waals surface area contributed by atoms with Crippen LogP contribution < -0.4 is 0 Å². The Morgan fingerprint density at radius 1 is 1.27 bits per heavy atom. The van der Waals surface area contributed by atoms with Crippen LogP contribution in [0, 0.1) is 6.92 Å². The van der Waals surface area contributed by atoms with Gasteiger partial charge in [-0.05, 0) is 17.5 Å². The van der Waals surface area contributed by atoms with Crippen molar-refractivity contribution in [2.45, 2.75) is 12.3 Å². The van der Waals surface area contributed by atoms with Gasteiger partial charge in [-0.15, -0.1) is 0 Å². The third kappa shape index (κ3) is 0.988. The minimum absolute atomic E-state index is 0.561. The van der Waals surface area contributed by atoms with Gasteiger partial charge < -0.3 is 0 Å². The highest BCUT2D eigenvalue weighted by atomic mass is 14.2. The fraction of sp³-hybridized carbons (Fsp3) is 0.182. The third-order valence-corrected chi connectivity index (χ3v) is 2.21. The molecular weight excluding hydrogens is 132 g/mol. The molecule has 1 aliphatic carbocycles. The van der Waals surface area contributed by atoms with E-state index in [9.17, 15) is 0 Å². The first kappa shape index (κ1) is 6.66. The van der Waals surface area contributed by atoms with Gasteiger partial charge in [-0.2, -0.15) is 0 Å².